The molecule has 1 aromatic rings. The molecular formula is C20H26N2O3. The molecule has 0 bridgehead atoms. The van der Waals surface area contributed by atoms with Crippen molar-refractivity contribution in [2.24, 2.45) is 5.92 Å². The van der Waals surface area contributed by atoms with Crippen LogP contribution in [0, 0.1) is 5.92 Å². The Morgan fingerprint density at radius 2 is 2.16 bits per heavy atom. The van der Waals surface area contributed by atoms with Gasteiger partial charge >= 0.3 is 0 Å². The highest BCUT2D eigenvalue weighted by molar-refractivity contribution is 5.89. The van der Waals surface area contributed by atoms with Crippen molar-refractivity contribution >= 4 is 11.8 Å². The fraction of sp³-hybridized carbons (Fsp3) is 0.500. The summed E-state index contributed by atoms with van der Waals surface area (Å²) in [7, 11) is 1.63. The van der Waals surface area contributed by atoms with E-state index in [2.05, 4.69) is 11.4 Å². The smallest absolute Gasteiger partial charge is 0.225 e. The standard InChI is InChI=1S/C20H26N2O3/c1-25-18-10-6-5-9-16(18)13-22-14-17(11-19(22)23)20(24)21-12-15-7-3-2-4-8-15/h5-7,9-10,17H,2-4,8,11-14H2,1H3,(H,21,24)/t17-/m0/s1. The SMILES string of the molecule is COc1ccccc1CN1C[C@@H](C(=O)NCC2=CCCCC2)CC1=O. The van der Waals surface area contributed by atoms with Crippen LogP contribution in [-0.4, -0.2) is 36.9 Å². The van der Waals surface area contributed by atoms with Crippen LogP contribution in [0.3, 0.4) is 0 Å². The molecule has 1 aliphatic carbocycles. The summed E-state index contributed by atoms with van der Waals surface area (Å²) in [5.41, 5.74) is 2.28. The lowest BCUT2D eigenvalue weighted by atomic mass is 9.99. The summed E-state index contributed by atoms with van der Waals surface area (Å²) in [5.74, 6) is 0.532. The number of benzene rings is 1. The van der Waals surface area contributed by atoms with Crippen LogP contribution >= 0.6 is 0 Å². The summed E-state index contributed by atoms with van der Waals surface area (Å²) < 4.78 is 5.35. The molecule has 0 saturated carbocycles. The van der Waals surface area contributed by atoms with Crippen molar-refractivity contribution in [3.05, 3.63) is 41.5 Å². The second-order valence-electron chi connectivity index (χ2n) is 6.81. The number of para-hydroxylation sites is 1. The third-order valence-electron chi connectivity index (χ3n) is 5.01. The van der Waals surface area contributed by atoms with Gasteiger partial charge in [-0.2, -0.15) is 0 Å². The van der Waals surface area contributed by atoms with E-state index in [9.17, 15) is 9.59 Å². The maximum absolute atomic E-state index is 12.4. The van der Waals surface area contributed by atoms with E-state index in [0.29, 0.717) is 26.1 Å². The number of hydrogen-bond donors (Lipinski definition) is 1. The Bertz CT molecular complexity index is 669. The van der Waals surface area contributed by atoms with Crippen LogP contribution < -0.4 is 10.1 Å². The fourth-order valence-corrected chi connectivity index (χ4v) is 3.55. The number of carbonyl (C=O) groups excluding carboxylic acids is 2. The van der Waals surface area contributed by atoms with Crippen molar-refractivity contribution < 1.29 is 14.3 Å². The largest absolute Gasteiger partial charge is 0.496 e. The molecule has 1 atom stereocenters. The van der Waals surface area contributed by atoms with Gasteiger partial charge in [0.2, 0.25) is 11.8 Å². The molecule has 25 heavy (non-hydrogen) atoms. The Hall–Kier alpha value is -2.30. The van der Waals surface area contributed by atoms with E-state index >= 15 is 0 Å². The third-order valence-corrected chi connectivity index (χ3v) is 5.01. The van der Waals surface area contributed by atoms with E-state index in [1.165, 1.54) is 18.4 Å². The van der Waals surface area contributed by atoms with Crippen molar-refractivity contribution in [1.82, 2.24) is 10.2 Å². The van der Waals surface area contributed by atoms with Crippen LogP contribution in [0.4, 0.5) is 0 Å². The lowest BCUT2D eigenvalue weighted by Gasteiger charge is -2.19. The molecule has 0 unspecified atom stereocenters. The van der Waals surface area contributed by atoms with Crippen LogP contribution in [0.1, 0.15) is 37.7 Å². The molecule has 1 heterocycles. The van der Waals surface area contributed by atoms with E-state index in [1.807, 2.05) is 24.3 Å². The minimum atomic E-state index is -0.258. The molecule has 1 aliphatic heterocycles. The maximum Gasteiger partial charge on any atom is 0.225 e. The highest BCUT2D eigenvalue weighted by Gasteiger charge is 2.34. The summed E-state index contributed by atoms with van der Waals surface area (Å²) >= 11 is 0. The third kappa shape index (κ3) is 4.41. The van der Waals surface area contributed by atoms with Crippen molar-refractivity contribution in [2.75, 3.05) is 20.2 Å². The molecule has 1 aromatic carbocycles. The predicted octanol–water partition coefficient (Wildman–Crippen LogP) is 2.66. The first-order chi connectivity index (χ1) is 12.2. The van der Waals surface area contributed by atoms with Crippen molar-refractivity contribution in [1.29, 1.82) is 0 Å². The van der Waals surface area contributed by atoms with Gasteiger partial charge in [-0.15, -0.1) is 0 Å². The molecule has 0 spiro atoms. The Kier molecular flexibility index (Phi) is 5.74. The van der Waals surface area contributed by atoms with E-state index < -0.39 is 0 Å². The Balaban J connectivity index is 1.54. The minimum absolute atomic E-state index is 0.0117. The van der Waals surface area contributed by atoms with E-state index in [0.717, 1.165) is 24.2 Å². The van der Waals surface area contributed by atoms with Gasteiger partial charge in [-0.3, -0.25) is 9.59 Å². The lowest BCUT2D eigenvalue weighted by molar-refractivity contribution is -0.129. The van der Waals surface area contributed by atoms with E-state index in [1.54, 1.807) is 12.0 Å². The molecule has 2 aliphatic rings. The zero-order chi connectivity index (χ0) is 17.6. The van der Waals surface area contributed by atoms with Gasteiger partial charge in [0, 0.05) is 31.6 Å². The molecule has 1 N–H and O–H groups in total. The van der Waals surface area contributed by atoms with Crippen molar-refractivity contribution in [3.8, 4) is 5.75 Å². The second kappa shape index (κ2) is 8.19. The molecule has 1 fully saturated rings. The van der Waals surface area contributed by atoms with Crippen LogP contribution in [0.5, 0.6) is 5.75 Å². The summed E-state index contributed by atoms with van der Waals surface area (Å²) in [5, 5.41) is 3.01. The van der Waals surface area contributed by atoms with Crippen molar-refractivity contribution in [2.45, 2.75) is 38.6 Å². The summed E-state index contributed by atoms with van der Waals surface area (Å²) in [6.07, 6.45) is 7.16. The number of methoxy groups -OCH3 is 1. The summed E-state index contributed by atoms with van der Waals surface area (Å²) in [6.45, 7) is 1.58. The van der Waals surface area contributed by atoms with Gasteiger partial charge in [-0.25, -0.2) is 0 Å². The van der Waals surface area contributed by atoms with Crippen molar-refractivity contribution in [3.63, 3.8) is 0 Å². The molecule has 2 amide bonds. The van der Waals surface area contributed by atoms with E-state index in [-0.39, 0.29) is 17.7 Å². The highest BCUT2D eigenvalue weighted by Crippen LogP contribution is 2.25. The van der Waals surface area contributed by atoms with Gasteiger partial charge in [0.05, 0.1) is 13.0 Å². The highest BCUT2D eigenvalue weighted by atomic mass is 16.5. The van der Waals surface area contributed by atoms with Gasteiger partial charge in [0.1, 0.15) is 5.75 Å². The molecule has 5 nitrogen and oxygen atoms in total. The topological polar surface area (TPSA) is 58.6 Å². The molecule has 134 valence electrons. The number of rotatable bonds is 6. The quantitative estimate of drug-likeness (QED) is 0.809. The van der Waals surface area contributed by atoms with Crippen LogP contribution in [-0.2, 0) is 16.1 Å². The first-order valence-electron chi connectivity index (χ1n) is 9.02. The summed E-state index contributed by atoms with van der Waals surface area (Å²) in [6, 6.07) is 7.68. The normalized spacial score (nSPS) is 20.4. The number of nitrogens with zero attached hydrogens (tertiary/aromatic N) is 1. The Morgan fingerprint density at radius 1 is 1.32 bits per heavy atom. The zero-order valence-corrected chi connectivity index (χ0v) is 14.8. The number of likely N-dealkylation sites (tertiary alicyclic amines) is 1. The van der Waals surface area contributed by atoms with Crippen LogP contribution in [0.2, 0.25) is 0 Å². The fourth-order valence-electron chi connectivity index (χ4n) is 3.55. The Labute approximate surface area is 149 Å². The molecule has 1 saturated heterocycles. The van der Waals surface area contributed by atoms with Gasteiger partial charge in [-0.1, -0.05) is 29.8 Å². The second-order valence-corrected chi connectivity index (χ2v) is 6.81. The summed E-state index contributed by atoms with van der Waals surface area (Å²) in [4.78, 5) is 26.5. The molecule has 5 heteroatoms. The predicted molar refractivity (Wildman–Crippen MR) is 96.1 cm³/mol. The maximum atomic E-state index is 12.4. The number of ether oxygens (including phenoxy) is 1. The first-order valence-corrected chi connectivity index (χ1v) is 9.02. The zero-order valence-electron chi connectivity index (χ0n) is 14.8. The van der Waals surface area contributed by atoms with Crippen LogP contribution in [0.15, 0.2) is 35.9 Å². The monoisotopic (exact) mass is 342 g/mol. The molecular weight excluding hydrogens is 316 g/mol. The number of allylic oxidation sites excluding steroid dienone is 1. The lowest BCUT2D eigenvalue weighted by Crippen LogP contribution is -2.34. The number of carbonyl (C=O) groups is 2. The number of amides is 2. The number of hydrogen-bond acceptors (Lipinski definition) is 3. The van der Waals surface area contributed by atoms with Gasteiger partial charge in [-0.05, 0) is 31.7 Å². The van der Waals surface area contributed by atoms with Gasteiger partial charge < -0.3 is 15.0 Å². The minimum Gasteiger partial charge on any atom is -0.496 e. The average molecular weight is 342 g/mol. The number of nitrogens with one attached hydrogen (secondary N) is 1. The van der Waals surface area contributed by atoms with E-state index in [4.69, 9.17) is 4.74 Å². The van der Waals surface area contributed by atoms with Gasteiger partial charge in [0.25, 0.3) is 0 Å². The molecule has 3 rings (SSSR count). The van der Waals surface area contributed by atoms with Crippen LogP contribution in [0.25, 0.3) is 0 Å². The first kappa shape index (κ1) is 17.5. The Morgan fingerprint density at radius 3 is 2.92 bits per heavy atom. The molecule has 0 radical (unpaired) electrons. The average Bonchev–Trinajstić information content (AvgIpc) is 3.02. The van der Waals surface area contributed by atoms with Gasteiger partial charge in [0.15, 0.2) is 0 Å². The molecule has 0 aromatic heterocycles.